The molecule has 3 aromatic rings. The van der Waals surface area contributed by atoms with E-state index in [2.05, 4.69) is 20.3 Å². The molecule has 1 N–H and O–H groups in total. The Bertz CT molecular complexity index is 914. The highest BCUT2D eigenvalue weighted by Gasteiger charge is 2.13. The minimum atomic E-state index is -0.457. The van der Waals surface area contributed by atoms with Crippen LogP contribution < -0.4 is 5.32 Å². The van der Waals surface area contributed by atoms with Gasteiger partial charge in [-0.15, -0.1) is 0 Å². The summed E-state index contributed by atoms with van der Waals surface area (Å²) in [6, 6.07) is 5.19. The van der Waals surface area contributed by atoms with Gasteiger partial charge in [0.25, 0.3) is 0 Å². The van der Waals surface area contributed by atoms with Crippen molar-refractivity contribution < 1.29 is 13.9 Å². The molecule has 0 saturated carbocycles. The van der Waals surface area contributed by atoms with Gasteiger partial charge in [0.2, 0.25) is 5.95 Å². The number of benzene rings is 1. The number of nitrogens with zero attached hydrogens (tertiary/aromatic N) is 3. The lowest BCUT2D eigenvalue weighted by atomic mass is 10.1. The zero-order valence-corrected chi connectivity index (χ0v) is 13.2. The highest BCUT2D eigenvalue weighted by Crippen LogP contribution is 2.22. The molecule has 0 bridgehead atoms. The molecule has 0 saturated heterocycles. The molecule has 0 fully saturated rings. The lowest BCUT2D eigenvalue weighted by Gasteiger charge is -2.09. The number of anilines is 2. The van der Waals surface area contributed by atoms with Gasteiger partial charge in [0, 0.05) is 28.9 Å². The quantitative estimate of drug-likeness (QED) is 0.741. The fourth-order valence-corrected chi connectivity index (χ4v) is 2.27. The monoisotopic (exact) mass is 326 g/mol. The summed E-state index contributed by atoms with van der Waals surface area (Å²) >= 11 is 0. The SMILES string of the molecule is CCOC(=O)c1cnc(Nc2ccc3cncc(F)c3c2)nc1C. The summed E-state index contributed by atoms with van der Waals surface area (Å²) in [6.45, 7) is 3.72. The van der Waals surface area contributed by atoms with Gasteiger partial charge in [0.1, 0.15) is 5.82 Å². The zero-order chi connectivity index (χ0) is 17.1. The fraction of sp³-hybridized carbons (Fsp3) is 0.176. The van der Waals surface area contributed by atoms with E-state index in [1.54, 1.807) is 38.2 Å². The van der Waals surface area contributed by atoms with Gasteiger partial charge in [-0.05, 0) is 26.0 Å². The van der Waals surface area contributed by atoms with Crippen molar-refractivity contribution in [1.82, 2.24) is 15.0 Å². The predicted molar refractivity (Wildman–Crippen MR) is 87.7 cm³/mol. The summed E-state index contributed by atoms with van der Waals surface area (Å²) in [5, 5.41) is 4.16. The molecular formula is C17H15FN4O2. The van der Waals surface area contributed by atoms with E-state index < -0.39 is 11.8 Å². The molecule has 2 heterocycles. The van der Waals surface area contributed by atoms with Crippen LogP contribution in [0.3, 0.4) is 0 Å². The van der Waals surface area contributed by atoms with E-state index in [0.29, 0.717) is 33.7 Å². The molecule has 0 aliphatic heterocycles. The van der Waals surface area contributed by atoms with Gasteiger partial charge in [-0.1, -0.05) is 6.07 Å². The average molecular weight is 326 g/mol. The van der Waals surface area contributed by atoms with Crippen LogP contribution in [-0.2, 0) is 4.74 Å². The number of esters is 1. The summed E-state index contributed by atoms with van der Waals surface area (Å²) in [4.78, 5) is 23.9. The van der Waals surface area contributed by atoms with Crippen molar-refractivity contribution in [3.63, 3.8) is 0 Å². The summed E-state index contributed by atoms with van der Waals surface area (Å²) in [5.41, 5.74) is 1.45. The van der Waals surface area contributed by atoms with E-state index in [1.807, 2.05) is 0 Å². The number of halogens is 1. The second-order valence-electron chi connectivity index (χ2n) is 5.10. The van der Waals surface area contributed by atoms with E-state index in [-0.39, 0.29) is 6.61 Å². The molecule has 0 amide bonds. The van der Waals surface area contributed by atoms with E-state index in [1.165, 1.54) is 12.4 Å². The first-order valence-corrected chi connectivity index (χ1v) is 7.39. The molecule has 1 aromatic carbocycles. The first-order chi connectivity index (χ1) is 11.6. The van der Waals surface area contributed by atoms with Crippen LogP contribution in [0, 0.1) is 12.7 Å². The van der Waals surface area contributed by atoms with Gasteiger partial charge in [-0.3, -0.25) is 4.98 Å². The van der Waals surface area contributed by atoms with E-state index in [4.69, 9.17) is 4.74 Å². The number of hydrogen-bond donors (Lipinski definition) is 1. The first kappa shape index (κ1) is 15.8. The molecule has 0 aliphatic carbocycles. The van der Waals surface area contributed by atoms with Crippen molar-refractivity contribution in [3.8, 4) is 0 Å². The third kappa shape index (κ3) is 3.15. The third-order valence-corrected chi connectivity index (χ3v) is 3.44. The number of fused-ring (bicyclic) bond motifs is 1. The van der Waals surface area contributed by atoms with Crippen molar-refractivity contribution in [1.29, 1.82) is 0 Å². The number of rotatable bonds is 4. The maximum absolute atomic E-state index is 13.8. The number of pyridine rings is 1. The maximum atomic E-state index is 13.8. The van der Waals surface area contributed by atoms with Gasteiger partial charge in [-0.2, -0.15) is 0 Å². The number of carbonyl (C=O) groups is 1. The predicted octanol–water partition coefficient (Wildman–Crippen LogP) is 3.39. The van der Waals surface area contributed by atoms with Crippen LogP contribution in [0.1, 0.15) is 23.0 Å². The average Bonchev–Trinajstić information content (AvgIpc) is 2.56. The minimum absolute atomic E-state index is 0.287. The molecule has 0 spiro atoms. The standard InChI is InChI=1S/C17H15FN4O2/c1-3-24-16(23)14-8-20-17(21-10(14)2)22-12-5-4-11-7-19-9-15(18)13(11)6-12/h4-9H,3H2,1-2H3,(H,20,21,22). The summed E-state index contributed by atoms with van der Waals surface area (Å²) in [5.74, 6) is -0.540. The van der Waals surface area contributed by atoms with Crippen LogP contribution in [0.4, 0.5) is 16.0 Å². The molecule has 6 nitrogen and oxygen atoms in total. The lowest BCUT2D eigenvalue weighted by Crippen LogP contribution is -2.10. The van der Waals surface area contributed by atoms with Crippen LogP contribution in [0.5, 0.6) is 0 Å². The Balaban J connectivity index is 1.87. The molecule has 0 radical (unpaired) electrons. The molecule has 122 valence electrons. The minimum Gasteiger partial charge on any atom is -0.462 e. The highest BCUT2D eigenvalue weighted by molar-refractivity contribution is 5.90. The Labute approximate surface area is 137 Å². The van der Waals surface area contributed by atoms with E-state index in [0.717, 1.165) is 0 Å². The van der Waals surface area contributed by atoms with Gasteiger partial charge < -0.3 is 10.1 Å². The largest absolute Gasteiger partial charge is 0.462 e. The Morgan fingerprint density at radius 1 is 1.29 bits per heavy atom. The number of ether oxygens (including phenoxy) is 1. The molecule has 0 atom stereocenters. The Morgan fingerprint density at radius 3 is 2.88 bits per heavy atom. The Morgan fingerprint density at radius 2 is 2.12 bits per heavy atom. The number of hydrogen-bond acceptors (Lipinski definition) is 6. The number of aromatic nitrogens is 3. The van der Waals surface area contributed by atoms with Crippen molar-refractivity contribution in [2.75, 3.05) is 11.9 Å². The van der Waals surface area contributed by atoms with Crippen LogP contribution >= 0.6 is 0 Å². The lowest BCUT2D eigenvalue weighted by molar-refractivity contribution is 0.0524. The van der Waals surface area contributed by atoms with Gasteiger partial charge in [0.15, 0.2) is 0 Å². The van der Waals surface area contributed by atoms with Gasteiger partial charge in [0.05, 0.1) is 24.1 Å². The third-order valence-electron chi connectivity index (χ3n) is 3.44. The van der Waals surface area contributed by atoms with Crippen LogP contribution in [0.2, 0.25) is 0 Å². The molecular weight excluding hydrogens is 311 g/mol. The smallest absolute Gasteiger partial charge is 0.341 e. The van der Waals surface area contributed by atoms with Crippen LogP contribution in [0.15, 0.2) is 36.8 Å². The van der Waals surface area contributed by atoms with Crippen molar-refractivity contribution in [3.05, 3.63) is 53.9 Å². The molecule has 3 rings (SSSR count). The Kier molecular flexibility index (Phi) is 4.33. The molecule has 7 heteroatoms. The number of aryl methyl sites for hydroxylation is 1. The highest BCUT2D eigenvalue weighted by atomic mass is 19.1. The first-order valence-electron chi connectivity index (χ1n) is 7.39. The summed E-state index contributed by atoms with van der Waals surface area (Å²) in [6.07, 6.45) is 4.17. The van der Waals surface area contributed by atoms with E-state index >= 15 is 0 Å². The molecule has 0 aliphatic rings. The number of nitrogens with one attached hydrogen (secondary N) is 1. The maximum Gasteiger partial charge on any atom is 0.341 e. The van der Waals surface area contributed by atoms with Crippen LogP contribution in [0.25, 0.3) is 10.8 Å². The van der Waals surface area contributed by atoms with Crippen molar-refractivity contribution in [2.45, 2.75) is 13.8 Å². The molecule has 24 heavy (non-hydrogen) atoms. The van der Waals surface area contributed by atoms with Crippen molar-refractivity contribution in [2.24, 2.45) is 0 Å². The summed E-state index contributed by atoms with van der Waals surface area (Å²) < 4.78 is 18.8. The number of carbonyl (C=O) groups excluding carboxylic acids is 1. The fourth-order valence-electron chi connectivity index (χ4n) is 2.27. The Hall–Kier alpha value is -3.09. The molecule has 2 aromatic heterocycles. The van der Waals surface area contributed by atoms with E-state index in [9.17, 15) is 9.18 Å². The van der Waals surface area contributed by atoms with Gasteiger partial charge in [-0.25, -0.2) is 19.2 Å². The van der Waals surface area contributed by atoms with Gasteiger partial charge >= 0.3 is 5.97 Å². The zero-order valence-electron chi connectivity index (χ0n) is 13.2. The second kappa shape index (κ2) is 6.57. The van der Waals surface area contributed by atoms with Crippen LogP contribution in [-0.4, -0.2) is 27.5 Å². The normalized spacial score (nSPS) is 10.6. The topological polar surface area (TPSA) is 77.0 Å². The molecule has 0 unspecified atom stereocenters. The second-order valence-corrected chi connectivity index (χ2v) is 5.10. The summed E-state index contributed by atoms with van der Waals surface area (Å²) in [7, 11) is 0. The van der Waals surface area contributed by atoms with Crippen molar-refractivity contribution >= 4 is 28.4 Å².